The second-order valence-electron chi connectivity index (χ2n) is 10.6. The van der Waals surface area contributed by atoms with Crippen LogP contribution in [-0.2, 0) is 16.1 Å². The third-order valence-corrected chi connectivity index (χ3v) is 7.23. The van der Waals surface area contributed by atoms with E-state index in [1.165, 1.54) is 6.33 Å². The maximum atomic E-state index is 13.5. The van der Waals surface area contributed by atoms with Crippen molar-refractivity contribution in [3.8, 4) is 28.7 Å². The number of amides is 1. The summed E-state index contributed by atoms with van der Waals surface area (Å²) in [5.74, 6) is 1.60. The lowest BCUT2D eigenvalue weighted by atomic mass is 10.0. The number of ether oxygens (including phenoxy) is 2. The van der Waals surface area contributed by atoms with E-state index in [1.807, 2.05) is 86.1 Å². The Bertz CT molecular complexity index is 1600. The quantitative estimate of drug-likeness (QED) is 0.209. The summed E-state index contributed by atoms with van der Waals surface area (Å²) in [7, 11) is 0. The van der Waals surface area contributed by atoms with Crippen LogP contribution in [0.15, 0.2) is 78.8 Å². The van der Waals surface area contributed by atoms with Crippen LogP contribution in [0, 0.1) is 11.3 Å². The van der Waals surface area contributed by atoms with Gasteiger partial charge in [-0.25, -0.2) is 9.97 Å². The highest BCUT2D eigenvalue weighted by Gasteiger charge is 2.32. The van der Waals surface area contributed by atoms with Gasteiger partial charge in [0.05, 0.1) is 17.0 Å². The number of nitrogens with zero attached hydrogens (tertiary/aromatic N) is 5. The predicted octanol–water partition coefficient (Wildman–Crippen LogP) is 5.73. The lowest BCUT2D eigenvalue weighted by Crippen LogP contribution is -2.39. The number of likely N-dealkylation sites (tertiary alicyclic amines) is 1. The number of carbonyl (C=O) groups excluding carboxylic acids is 1. The van der Waals surface area contributed by atoms with E-state index in [-0.39, 0.29) is 17.5 Å². The Kier molecular flexibility index (Phi) is 8.04. The van der Waals surface area contributed by atoms with E-state index in [9.17, 15) is 10.1 Å². The average Bonchev–Trinajstić information content (AvgIpc) is 3.58. The minimum absolute atomic E-state index is 0.0952. The van der Waals surface area contributed by atoms with E-state index in [0.29, 0.717) is 31.2 Å². The number of aromatic nitrogens is 3. The van der Waals surface area contributed by atoms with Crippen LogP contribution < -0.4 is 10.5 Å². The normalized spacial score (nSPS) is 15.7. The second kappa shape index (κ2) is 11.8. The fourth-order valence-corrected chi connectivity index (χ4v) is 5.41. The summed E-state index contributed by atoms with van der Waals surface area (Å²) in [5.41, 5.74) is 8.28. The van der Waals surface area contributed by atoms with E-state index in [1.54, 1.807) is 11.0 Å². The van der Waals surface area contributed by atoms with Gasteiger partial charge in [-0.2, -0.15) is 5.26 Å². The number of hydrogen-bond acceptors (Lipinski definition) is 7. The molecule has 0 saturated carbocycles. The zero-order chi connectivity index (χ0) is 29.0. The first-order chi connectivity index (χ1) is 19.8. The molecule has 4 aromatic rings. The monoisotopic (exact) mass is 550 g/mol. The molecule has 2 aromatic heterocycles. The molecule has 5 rings (SSSR count). The van der Waals surface area contributed by atoms with E-state index in [0.717, 1.165) is 40.9 Å². The van der Waals surface area contributed by atoms with Gasteiger partial charge in [-0.3, -0.25) is 4.79 Å². The first kappa shape index (κ1) is 27.9. The zero-order valence-corrected chi connectivity index (χ0v) is 23.6. The highest BCUT2D eigenvalue weighted by atomic mass is 16.5. The minimum Gasteiger partial charge on any atom is -0.457 e. The number of nitrogens with two attached hydrogens (primary N) is 1. The van der Waals surface area contributed by atoms with Gasteiger partial charge >= 0.3 is 0 Å². The van der Waals surface area contributed by atoms with Crippen molar-refractivity contribution < 1.29 is 14.3 Å². The SMILES string of the molecule is CCOC(C)(C)/C=C(\C#N)C(=O)N1CCC[C@@H]1Cn1cc(-c2ccc(Oc3ccccc3)cc2)c2c(N)ncnc21. The third-order valence-electron chi connectivity index (χ3n) is 7.23. The van der Waals surface area contributed by atoms with Crippen LogP contribution in [0.4, 0.5) is 5.82 Å². The molecule has 3 heterocycles. The molecule has 0 spiro atoms. The molecule has 0 unspecified atom stereocenters. The molecule has 1 aliphatic heterocycles. The molecular weight excluding hydrogens is 516 g/mol. The van der Waals surface area contributed by atoms with Crippen LogP contribution in [0.2, 0.25) is 0 Å². The number of rotatable bonds is 9. The molecular formula is C32H34N6O3. The van der Waals surface area contributed by atoms with Crippen LogP contribution in [0.25, 0.3) is 22.2 Å². The van der Waals surface area contributed by atoms with Crippen molar-refractivity contribution in [2.24, 2.45) is 0 Å². The highest BCUT2D eigenvalue weighted by molar-refractivity contribution is 6.01. The molecule has 9 heteroatoms. The first-order valence-corrected chi connectivity index (χ1v) is 13.8. The molecule has 210 valence electrons. The van der Waals surface area contributed by atoms with Crippen LogP contribution in [0.5, 0.6) is 11.5 Å². The topological polar surface area (TPSA) is 119 Å². The van der Waals surface area contributed by atoms with E-state index >= 15 is 0 Å². The molecule has 2 N–H and O–H groups in total. The molecule has 0 aliphatic carbocycles. The van der Waals surface area contributed by atoms with Gasteiger partial charge in [-0.1, -0.05) is 30.3 Å². The molecule has 1 atom stereocenters. The largest absolute Gasteiger partial charge is 0.457 e. The van der Waals surface area contributed by atoms with Crippen LogP contribution >= 0.6 is 0 Å². The molecule has 1 amide bonds. The summed E-state index contributed by atoms with van der Waals surface area (Å²) in [6.07, 6.45) is 6.77. The Labute approximate surface area is 239 Å². The Balaban J connectivity index is 1.42. The summed E-state index contributed by atoms with van der Waals surface area (Å²) in [6.45, 7) is 7.17. The van der Waals surface area contributed by atoms with Crippen LogP contribution in [-0.4, -0.2) is 50.1 Å². The molecule has 41 heavy (non-hydrogen) atoms. The van der Waals surface area contributed by atoms with Crippen LogP contribution in [0.3, 0.4) is 0 Å². The number of anilines is 1. The summed E-state index contributed by atoms with van der Waals surface area (Å²) >= 11 is 0. The first-order valence-electron chi connectivity index (χ1n) is 13.8. The van der Waals surface area contributed by atoms with E-state index in [4.69, 9.17) is 15.2 Å². The number of nitrogen functional groups attached to an aromatic ring is 1. The molecule has 9 nitrogen and oxygen atoms in total. The van der Waals surface area contributed by atoms with Gasteiger partial charge in [-0.15, -0.1) is 0 Å². The van der Waals surface area contributed by atoms with Gasteiger partial charge in [0, 0.05) is 31.5 Å². The Hall–Kier alpha value is -4.68. The fraction of sp³-hybridized carbons (Fsp3) is 0.312. The van der Waals surface area contributed by atoms with Gasteiger partial charge < -0.3 is 24.7 Å². The Morgan fingerprint density at radius 2 is 1.88 bits per heavy atom. The van der Waals surface area contributed by atoms with Crippen molar-refractivity contribution in [2.75, 3.05) is 18.9 Å². The Morgan fingerprint density at radius 1 is 1.15 bits per heavy atom. The van der Waals surface area contributed by atoms with Gasteiger partial charge in [0.15, 0.2) is 0 Å². The molecule has 2 aromatic carbocycles. The van der Waals surface area contributed by atoms with Crippen LogP contribution in [0.1, 0.15) is 33.6 Å². The second-order valence-corrected chi connectivity index (χ2v) is 10.6. The summed E-state index contributed by atoms with van der Waals surface area (Å²) in [5, 5.41) is 10.6. The van der Waals surface area contributed by atoms with Crippen molar-refractivity contribution in [3.63, 3.8) is 0 Å². The average molecular weight is 551 g/mol. The number of hydrogen-bond donors (Lipinski definition) is 1. The highest BCUT2D eigenvalue weighted by Crippen LogP contribution is 2.35. The van der Waals surface area contributed by atoms with Crippen molar-refractivity contribution >= 4 is 22.8 Å². The maximum Gasteiger partial charge on any atom is 0.264 e. The van der Waals surface area contributed by atoms with Gasteiger partial charge in [-0.05, 0) is 69.5 Å². The van der Waals surface area contributed by atoms with E-state index < -0.39 is 5.60 Å². The third kappa shape index (κ3) is 6.08. The van der Waals surface area contributed by atoms with Crippen molar-refractivity contribution in [2.45, 2.75) is 51.8 Å². The molecule has 1 saturated heterocycles. The molecule has 0 radical (unpaired) electrons. The summed E-state index contributed by atoms with van der Waals surface area (Å²) in [4.78, 5) is 24.1. The molecule has 1 fully saturated rings. The van der Waals surface area contributed by atoms with Crippen molar-refractivity contribution in [3.05, 3.63) is 78.8 Å². The number of fused-ring (bicyclic) bond motifs is 1. The summed E-state index contributed by atoms with van der Waals surface area (Å²) < 4.78 is 13.7. The zero-order valence-electron chi connectivity index (χ0n) is 23.6. The van der Waals surface area contributed by atoms with E-state index in [2.05, 4.69) is 16.0 Å². The van der Waals surface area contributed by atoms with Crippen molar-refractivity contribution in [1.29, 1.82) is 5.26 Å². The smallest absolute Gasteiger partial charge is 0.264 e. The fourth-order valence-electron chi connectivity index (χ4n) is 5.41. The summed E-state index contributed by atoms with van der Waals surface area (Å²) in [6, 6.07) is 19.4. The predicted molar refractivity (Wildman–Crippen MR) is 158 cm³/mol. The maximum absolute atomic E-state index is 13.5. The number of carbonyl (C=O) groups is 1. The Morgan fingerprint density at radius 3 is 2.59 bits per heavy atom. The number of para-hydroxylation sites is 1. The lowest BCUT2D eigenvalue weighted by molar-refractivity contribution is -0.127. The van der Waals surface area contributed by atoms with Gasteiger partial charge in [0.2, 0.25) is 0 Å². The van der Waals surface area contributed by atoms with Gasteiger partial charge in [0.1, 0.15) is 40.9 Å². The lowest BCUT2D eigenvalue weighted by Gasteiger charge is -2.26. The number of benzene rings is 2. The molecule has 1 aliphatic rings. The number of nitriles is 1. The molecule has 0 bridgehead atoms. The standard InChI is InChI=1S/C32H34N6O3/c1-4-40-32(2,3)17-23(18-33)31(39)38-16-8-9-24(38)19-37-20-27(28-29(34)35-21-36-30(28)37)22-12-14-26(15-13-22)41-25-10-6-5-7-11-25/h5-7,10-15,17,20-21,24H,4,8-9,16,19H2,1-3H3,(H2,34,35,36)/b23-17+/t24-/m1/s1. The minimum atomic E-state index is -0.716. The van der Waals surface area contributed by atoms with Crippen molar-refractivity contribution in [1.82, 2.24) is 19.4 Å². The van der Waals surface area contributed by atoms with Gasteiger partial charge in [0.25, 0.3) is 5.91 Å².